The van der Waals surface area contributed by atoms with E-state index in [4.69, 9.17) is 4.74 Å². The minimum Gasteiger partial charge on any atom is -0.497 e. The van der Waals surface area contributed by atoms with Crippen molar-refractivity contribution in [3.8, 4) is 5.75 Å². The van der Waals surface area contributed by atoms with E-state index in [0.717, 1.165) is 25.9 Å². The third-order valence-corrected chi connectivity index (χ3v) is 5.55. The van der Waals surface area contributed by atoms with Gasteiger partial charge in [0, 0.05) is 25.0 Å². The summed E-state index contributed by atoms with van der Waals surface area (Å²) in [5.74, 6) is 1.01. The zero-order chi connectivity index (χ0) is 21.8. The highest BCUT2D eigenvalue weighted by atomic mass is 16.5. The van der Waals surface area contributed by atoms with Crippen LogP contribution in [-0.4, -0.2) is 45.6 Å². The van der Waals surface area contributed by atoms with Gasteiger partial charge in [-0.1, -0.05) is 6.92 Å². The normalized spacial score (nSPS) is 15.0. The lowest BCUT2D eigenvalue weighted by molar-refractivity contribution is -0.119. The second-order valence-electron chi connectivity index (χ2n) is 7.55. The number of nitrogens with one attached hydrogen (secondary N) is 1. The van der Waals surface area contributed by atoms with Crippen LogP contribution >= 0.6 is 0 Å². The van der Waals surface area contributed by atoms with Crippen LogP contribution in [0.1, 0.15) is 38.6 Å². The number of hydrogen-bond donors (Lipinski definition) is 1. The highest BCUT2D eigenvalue weighted by molar-refractivity contribution is 5.93. The molecule has 1 amide bonds. The van der Waals surface area contributed by atoms with Crippen molar-refractivity contribution in [2.45, 2.75) is 38.6 Å². The van der Waals surface area contributed by atoms with Crippen molar-refractivity contribution in [1.29, 1.82) is 0 Å². The molecule has 0 unspecified atom stereocenters. The lowest BCUT2D eigenvalue weighted by Gasteiger charge is -2.26. The predicted molar refractivity (Wildman–Crippen MR) is 119 cm³/mol. The topological polar surface area (TPSA) is 102 Å². The molecular formula is C22H26N6O3. The number of methoxy groups -OCH3 is 1. The summed E-state index contributed by atoms with van der Waals surface area (Å²) in [6.45, 7) is 3.67. The molecule has 1 fully saturated rings. The van der Waals surface area contributed by atoms with Crippen molar-refractivity contribution >= 4 is 28.6 Å². The van der Waals surface area contributed by atoms with Gasteiger partial charge in [-0.2, -0.15) is 4.98 Å². The van der Waals surface area contributed by atoms with Crippen LogP contribution in [0.3, 0.4) is 0 Å². The molecule has 1 aromatic carbocycles. The van der Waals surface area contributed by atoms with Gasteiger partial charge in [0.25, 0.3) is 5.56 Å². The molecule has 3 aromatic rings. The number of carbonyl (C=O) groups excluding carboxylic acids is 1. The Morgan fingerprint density at radius 3 is 2.58 bits per heavy atom. The molecule has 0 saturated carbocycles. The number of hydrogen-bond acceptors (Lipinski definition) is 7. The molecule has 162 valence electrons. The highest BCUT2D eigenvalue weighted by Gasteiger charge is 2.22. The number of amides is 1. The second-order valence-corrected chi connectivity index (χ2v) is 7.55. The first-order valence-corrected chi connectivity index (χ1v) is 10.5. The highest BCUT2D eigenvalue weighted by Crippen LogP contribution is 2.19. The first-order valence-electron chi connectivity index (χ1n) is 10.5. The molecular weight excluding hydrogens is 396 g/mol. The van der Waals surface area contributed by atoms with E-state index in [2.05, 4.69) is 25.2 Å². The fourth-order valence-electron chi connectivity index (χ4n) is 3.80. The van der Waals surface area contributed by atoms with Crippen LogP contribution in [-0.2, 0) is 4.79 Å². The molecule has 0 aliphatic carbocycles. The number of benzene rings is 1. The van der Waals surface area contributed by atoms with Gasteiger partial charge < -0.3 is 15.0 Å². The summed E-state index contributed by atoms with van der Waals surface area (Å²) in [5.41, 5.74) is 0.648. The van der Waals surface area contributed by atoms with Crippen LogP contribution in [0.25, 0.3) is 11.0 Å². The smallest absolute Gasteiger partial charge is 0.265 e. The minimum absolute atomic E-state index is 0.290. The minimum atomic E-state index is -0.701. The molecule has 31 heavy (non-hydrogen) atoms. The maximum atomic E-state index is 13.1. The molecule has 1 aliphatic heterocycles. The fourth-order valence-corrected chi connectivity index (χ4v) is 3.80. The standard InChI is InChI=1S/C22H26N6O3/c1-3-18(20(29)25-15-7-9-16(31-2)10-8-15)28-14-24-19-17(21(28)30)13-23-22(26-19)27-11-5-4-6-12-27/h7-10,13-14,18H,3-6,11-12H2,1-2H3,(H,25,29)/t18-/m1/s1. The van der Waals surface area contributed by atoms with Crippen molar-refractivity contribution in [2.75, 3.05) is 30.4 Å². The number of carbonyl (C=O) groups is 1. The van der Waals surface area contributed by atoms with Gasteiger partial charge in [-0.05, 0) is 49.9 Å². The Morgan fingerprint density at radius 1 is 1.16 bits per heavy atom. The lowest BCUT2D eigenvalue weighted by atomic mass is 10.1. The van der Waals surface area contributed by atoms with Crippen molar-refractivity contribution in [3.05, 3.63) is 47.1 Å². The zero-order valence-corrected chi connectivity index (χ0v) is 17.7. The van der Waals surface area contributed by atoms with E-state index >= 15 is 0 Å². The number of fused-ring (bicyclic) bond motifs is 1. The second kappa shape index (κ2) is 9.11. The van der Waals surface area contributed by atoms with Crippen LogP contribution in [0.5, 0.6) is 5.75 Å². The van der Waals surface area contributed by atoms with Gasteiger partial charge in [0.05, 0.1) is 7.11 Å². The van der Waals surface area contributed by atoms with Gasteiger partial charge in [-0.3, -0.25) is 14.2 Å². The largest absolute Gasteiger partial charge is 0.497 e. The zero-order valence-electron chi connectivity index (χ0n) is 17.7. The Kier molecular flexibility index (Phi) is 6.11. The summed E-state index contributed by atoms with van der Waals surface area (Å²) in [6, 6.07) is 6.32. The molecule has 9 nitrogen and oxygen atoms in total. The molecule has 2 aromatic heterocycles. The maximum Gasteiger partial charge on any atom is 0.265 e. The van der Waals surface area contributed by atoms with Crippen LogP contribution in [0.4, 0.5) is 11.6 Å². The molecule has 0 spiro atoms. The van der Waals surface area contributed by atoms with E-state index in [-0.39, 0.29) is 11.5 Å². The van der Waals surface area contributed by atoms with Crippen molar-refractivity contribution in [1.82, 2.24) is 19.5 Å². The Hall–Kier alpha value is -3.49. The van der Waals surface area contributed by atoms with Crippen molar-refractivity contribution in [2.24, 2.45) is 0 Å². The van der Waals surface area contributed by atoms with Crippen LogP contribution in [0.2, 0.25) is 0 Å². The van der Waals surface area contributed by atoms with Gasteiger partial charge in [-0.25, -0.2) is 9.97 Å². The first-order chi connectivity index (χ1) is 15.1. The van der Waals surface area contributed by atoms with Gasteiger partial charge in [0.2, 0.25) is 11.9 Å². The number of ether oxygens (including phenoxy) is 1. The van der Waals surface area contributed by atoms with Crippen LogP contribution < -0.4 is 20.5 Å². The Labute approximate surface area is 180 Å². The average Bonchev–Trinajstić information content (AvgIpc) is 2.82. The molecule has 9 heteroatoms. The monoisotopic (exact) mass is 422 g/mol. The van der Waals surface area contributed by atoms with E-state index < -0.39 is 6.04 Å². The van der Waals surface area contributed by atoms with E-state index in [1.165, 1.54) is 23.5 Å². The Bertz CT molecular complexity index is 1120. The molecule has 4 rings (SSSR count). The summed E-state index contributed by atoms with van der Waals surface area (Å²) in [7, 11) is 1.58. The van der Waals surface area contributed by atoms with Crippen LogP contribution in [0.15, 0.2) is 41.6 Å². The molecule has 1 atom stereocenters. The van der Waals surface area contributed by atoms with Gasteiger partial charge >= 0.3 is 0 Å². The number of nitrogens with zero attached hydrogens (tertiary/aromatic N) is 5. The van der Waals surface area contributed by atoms with Crippen molar-refractivity contribution < 1.29 is 9.53 Å². The molecule has 0 radical (unpaired) electrons. The summed E-state index contributed by atoms with van der Waals surface area (Å²) >= 11 is 0. The number of anilines is 2. The summed E-state index contributed by atoms with van der Waals surface area (Å²) in [4.78, 5) is 41.3. The SMILES string of the molecule is CC[C@H](C(=O)Nc1ccc(OC)cc1)n1cnc2nc(N3CCCCC3)ncc2c1=O. The van der Waals surface area contributed by atoms with E-state index in [1.807, 2.05) is 6.92 Å². The summed E-state index contributed by atoms with van der Waals surface area (Å²) < 4.78 is 6.49. The Morgan fingerprint density at radius 2 is 1.90 bits per heavy atom. The van der Waals surface area contributed by atoms with E-state index in [1.54, 1.807) is 31.4 Å². The molecule has 1 aliphatic rings. The molecule has 1 saturated heterocycles. The van der Waals surface area contributed by atoms with E-state index in [0.29, 0.717) is 34.8 Å². The quantitative estimate of drug-likeness (QED) is 0.652. The molecule has 1 N–H and O–H groups in total. The van der Waals surface area contributed by atoms with Gasteiger partial charge in [0.1, 0.15) is 23.5 Å². The predicted octanol–water partition coefficient (Wildman–Crippen LogP) is 2.78. The third kappa shape index (κ3) is 4.35. The summed E-state index contributed by atoms with van der Waals surface area (Å²) in [5, 5.41) is 3.15. The first kappa shape index (κ1) is 20.8. The average molecular weight is 422 g/mol. The van der Waals surface area contributed by atoms with E-state index in [9.17, 15) is 9.59 Å². The number of piperidine rings is 1. The molecule has 3 heterocycles. The van der Waals surface area contributed by atoms with Crippen molar-refractivity contribution in [3.63, 3.8) is 0 Å². The summed E-state index contributed by atoms with van der Waals surface area (Å²) in [6.07, 6.45) is 6.78. The maximum absolute atomic E-state index is 13.1. The number of rotatable bonds is 6. The lowest BCUT2D eigenvalue weighted by Crippen LogP contribution is -2.34. The Balaban J connectivity index is 1.59. The van der Waals surface area contributed by atoms with Gasteiger partial charge in [-0.15, -0.1) is 0 Å². The third-order valence-electron chi connectivity index (χ3n) is 5.55. The van der Waals surface area contributed by atoms with Crippen LogP contribution in [0, 0.1) is 0 Å². The number of aromatic nitrogens is 4. The molecule has 0 bridgehead atoms. The van der Waals surface area contributed by atoms with Gasteiger partial charge in [0.15, 0.2) is 5.65 Å². The fraction of sp³-hybridized carbons (Fsp3) is 0.409.